The highest BCUT2D eigenvalue weighted by Gasteiger charge is 2.21. The molecule has 0 aliphatic rings. The van der Waals surface area contributed by atoms with Crippen LogP contribution in [-0.4, -0.2) is 52.4 Å². The van der Waals surface area contributed by atoms with E-state index in [0.717, 1.165) is 28.1 Å². The number of rotatable bonds is 12. The van der Waals surface area contributed by atoms with Crippen molar-refractivity contribution < 1.29 is 22.7 Å². The quantitative estimate of drug-likeness (QED) is 0.280. The van der Waals surface area contributed by atoms with Crippen molar-refractivity contribution in [2.45, 2.75) is 13.3 Å². The van der Waals surface area contributed by atoms with Gasteiger partial charge in [-0.1, -0.05) is 48.5 Å². The Bertz CT molecular complexity index is 1330. The Labute approximate surface area is 217 Å². The van der Waals surface area contributed by atoms with Crippen molar-refractivity contribution in [3.05, 3.63) is 95.6 Å². The first-order valence-corrected chi connectivity index (χ1v) is 13.5. The minimum atomic E-state index is -3.67. The number of nitrogens with zero attached hydrogens (tertiary/aromatic N) is 2. The maximum atomic E-state index is 12.3. The Kier molecular flexibility index (Phi) is 9.79. The SMILES string of the molecule is Cc1ccccc1N(CC(=O)N/N=C\c1ccc(OCC(=O)NCCc2ccccc2)cc1)S(C)(=O)=O. The summed E-state index contributed by atoms with van der Waals surface area (Å²) in [5, 5.41) is 6.73. The number of hydrazone groups is 1. The van der Waals surface area contributed by atoms with E-state index in [9.17, 15) is 18.0 Å². The molecule has 37 heavy (non-hydrogen) atoms. The maximum absolute atomic E-state index is 12.3. The molecule has 0 heterocycles. The number of ether oxygens (including phenoxy) is 1. The third-order valence-electron chi connectivity index (χ3n) is 5.30. The van der Waals surface area contributed by atoms with Gasteiger partial charge >= 0.3 is 0 Å². The molecule has 0 aromatic heterocycles. The van der Waals surface area contributed by atoms with Gasteiger partial charge in [0.05, 0.1) is 18.2 Å². The smallest absolute Gasteiger partial charge is 0.260 e. The maximum Gasteiger partial charge on any atom is 0.260 e. The summed E-state index contributed by atoms with van der Waals surface area (Å²) in [7, 11) is -3.67. The molecular formula is C27H30N4O5S. The van der Waals surface area contributed by atoms with E-state index in [4.69, 9.17) is 4.74 Å². The van der Waals surface area contributed by atoms with Gasteiger partial charge in [-0.15, -0.1) is 0 Å². The summed E-state index contributed by atoms with van der Waals surface area (Å²) < 4.78 is 31.0. The number of hydrogen-bond acceptors (Lipinski definition) is 6. The van der Waals surface area contributed by atoms with E-state index in [1.165, 1.54) is 6.21 Å². The van der Waals surface area contributed by atoms with E-state index in [0.29, 0.717) is 23.5 Å². The molecule has 0 fully saturated rings. The molecule has 0 saturated carbocycles. The van der Waals surface area contributed by atoms with Crippen molar-refractivity contribution in [2.75, 3.05) is 30.3 Å². The number of carbonyl (C=O) groups is 2. The number of hydrogen-bond donors (Lipinski definition) is 2. The summed E-state index contributed by atoms with van der Waals surface area (Å²) in [4.78, 5) is 24.3. The lowest BCUT2D eigenvalue weighted by Crippen LogP contribution is -2.39. The third-order valence-corrected chi connectivity index (χ3v) is 6.43. The van der Waals surface area contributed by atoms with Gasteiger partial charge in [-0.3, -0.25) is 13.9 Å². The van der Waals surface area contributed by atoms with Gasteiger partial charge in [0.25, 0.3) is 11.8 Å². The number of amides is 2. The highest BCUT2D eigenvalue weighted by molar-refractivity contribution is 7.92. The van der Waals surface area contributed by atoms with E-state index in [2.05, 4.69) is 15.8 Å². The molecule has 0 aliphatic heterocycles. The number of anilines is 1. The normalized spacial score (nSPS) is 11.2. The largest absolute Gasteiger partial charge is 0.484 e. The van der Waals surface area contributed by atoms with Crippen molar-refractivity contribution in [3.8, 4) is 5.75 Å². The highest BCUT2D eigenvalue weighted by atomic mass is 32.2. The van der Waals surface area contributed by atoms with Crippen LogP contribution in [0.4, 0.5) is 5.69 Å². The van der Waals surface area contributed by atoms with Crippen LogP contribution in [0.2, 0.25) is 0 Å². The molecule has 3 rings (SSSR count). The fourth-order valence-corrected chi connectivity index (χ4v) is 4.32. The zero-order chi connectivity index (χ0) is 26.7. The Morgan fingerprint density at radius 3 is 2.30 bits per heavy atom. The minimum Gasteiger partial charge on any atom is -0.484 e. The number of nitrogens with one attached hydrogen (secondary N) is 2. The molecule has 3 aromatic carbocycles. The van der Waals surface area contributed by atoms with Crippen LogP contribution in [0.1, 0.15) is 16.7 Å². The Morgan fingerprint density at radius 1 is 0.946 bits per heavy atom. The summed E-state index contributed by atoms with van der Waals surface area (Å²) in [5.74, 6) is -0.275. The first-order valence-electron chi connectivity index (χ1n) is 11.6. The first-order chi connectivity index (χ1) is 17.7. The van der Waals surface area contributed by atoms with Gasteiger partial charge in [0.15, 0.2) is 6.61 Å². The van der Waals surface area contributed by atoms with Crippen molar-refractivity contribution in [1.29, 1.82) is 0 Å². The topological polar surface area (TPSA) is 117 Å². The van der Waals surface area contributed by atoms with Gasteiger partial charge in [-0.05, 0) is 60.4 Å². The summed E-state index contributed by atoms with van der Waals surface area (Å²) in [6.45, 7) is 1.80. The predicted octanol–water partition coefficient (Wildman–Crippen LogP) is 2.65. The molecule has 194 valence electrons. The zero-order valence-electron chi connectivity index (χ0n) is 20.8. The summed E-state index contributed by atoms with van der Waals surface area (Å²) >= 11 is 0. The van der Waals surface area contributed by atoms with E-state index in [-0.39, 0.29) is 12.5 Å². The molecule has 2 amide bonds. The van der Waals surface area contributed by atoms with Crippen LogP contribution < -0.4 is 19.8 Å². The second kappa shape index (κ2) is 13.2. The van der Waals surface area contributed by atoms with E-state index in [1.807, 2.05) is 30.3 Å². The van der Waals surface area contributed by atoms with E-state index < -0.39 is 22.5 Å². The number of benzene rings is 3. The van der Waals surface area contributed by atoms with Gasteiger partial charge in [0.2, 0.25) is 10.0 Å². The standard InChI is InChI=1S/C27H30N4O5S/c1-21-8-6-7-11-25(21)31(37(2,34)35)19-26(32)30-29-18-23-12-14-24(15-13-23)36-20-27(33)28-17-16-22-9-4-3-5-10-22/h3-15,18H,16-17,19-20H2,1-2H3,(H,28,33)(H,30,32)/b29-18-. The van der Waals surface area contributed by atoms with Gasteiger partial charge in [-0.2, -0.15) is 5.10 Å². The van der Waals surface area contributed by atoms with Crippen LogP contribution in [0.3, 0.4) is 0 Å². The Morgan fingerprint density at radius 2 is 1.62 bits per heavy atom. The molecule has 0 spiro atoms. The molecule has 0 radical (unpaired) electrons. The van der Waals surface area contributed by atoms with Crippen LogP contribution in [-0.2, 0) is 26.0 Å². The first kappa shape index (κ1) is 27.4. The monoisotopic (exact) mass is 522 g/mol. The fraction of sp³-hybridized carbons (Fsp3) is 0.222. The molecule has 2 N–H and O–H groups in total. The summed E-state index contributed by atoms with van der Waals surface area (Å²) in [6.07, 6.45) is 3.22. The molecule has 0 bridgehead atoms. The number of aryl methyl sites for hydroxylation is 1. The van der Waals surface area contributed by atoms with Crippen LogP contribution in [0, 0.1) is 6.92 Å². The van der Waals surface area contributed by atoms with Crippen LogP contribution in [0.5, 0.6) is 5.75 Å². The molecule has 0 saturated heterocycles. The average molecular weight is 523 g/mol. The van der Waals surface area contributed by atoms with Crippen molar-refractivity contribution in [1.82, 2.24) is 10.7 Å². The van der Waals surface area contributed by atoms with Gasteiger partial charge in [0.1, 0.15) is 12.3 Å². The predicted molar refractivity (Wildman–Crippen MR) is 144 cm³/mol. The summed E-state index contributed by atoms with van der Waals surface area (Å²) in [6, 6.07) is 23.6. The van der Waals surface area contributed by atoms with Crippen LogP contribution >= 0.6 is 0 Å². The van der Waals surface area contributed by atoms with Gasteiger partial charge in [0, 0.05) is 6.54 Å². The number of sulfonamides is 1. The molecule has 9 nitrogen and oxygen atoms in total. The number of carbonyl (C=O) groups excluding carboxylic acids is 2. The van der Waals surface area contributed by atoms with Gasteiger partial charge in [-0.25, -0.2) is 13.8 Å². The van der Waals surface area contributed by atoms with Crippen molar-refractivity contribution in [3.63, 3.8) is 0 Å². The van der Waals surface area contributed by atoms with Gasteiger partial charge < -0.3 is 10.1 Å². The lowest BCUT2D eigenvalue weighted by Gasteiger charge is -2.23. The lowest BCUT2D eigenvalue weighted by atomic mass is 10.1. The lowest BCUT2D eigenvalue weighted by molar-refractivity contribution is -0.123. The van der Waals surface area contributed by atoms with E-state index >= 15 is 0 Å². The van der Waals surface area contributed by atoms with E-state index in [1.54, 1.807) is 55.5 Å². The molecular weight excluding hydrogens is 492 g/mol. The third kappa shape index (κ3) is 9.08. The average Bonchev–Trinajstić information content (AvgIpc) is 2.87. The van der Waals surface area contributed by atoms with Crippen molar-refractivity contribution >= 4 is 33.7 Å². The van der Waals surface area contributed by atoms with Crippen LogP contribution in [0.25, 0.3) is 0 Å². The number of para-hydroxylation sites is 1. The Hall–Kier alpha value is -4.18. The molecule has 0 atom stereocenters. The minimum absolute atomic E-state index is 0.101. The van der Waals surface area contributed by atoms with Crippen molar-refractivity contribution in [2.24, 2.45) is 5.10 Å². The second-order valence-electron chi connectivity index (χ2n) is 8.29. The second-order valence-corrected chi connectivity index (χ2v) is 10.2. The molecule has 3 aromatic rings. The highest BCUT2D eigenvalue weighted by Crippen LogP contribution is 2.21. The molecule has 0 aliphatic carbocycles. The Balaban J connectivity index is 1.44. The zero-order valence-corrected chi connectivity index (χ0v) is 21.6. The van der Waals surface area contributed by atoms with Crippen LogP contribution in [0.15, 0.2) is 84.0 Å². The molecule has 0 unspecified atom stereocenters. The fourth-order valence-electron chi connectivity index (χ4n) is 3.41. The molecule has 10 heteroatoms. The summed E-state index contributed by atoms with van der Waals surface area (Å²) in [5.41, 5.74) is 5.35.